The van der Waals surface area contributed by atoms with Gasteiger partial charge in [0, 0.05) is 56.3 Å². The Morgan fingerprint density at radius 2 is 2.00 bits per heavy atom. The van der Waals surface area contributed by atoms with Crippen LogP contribution in [0.2, 0.25) is 0 Å². The number of hydrogen-bond donors (Lipinski definition) is 2. The second-order valence-corrected chi connectivity index (χ2v) is 8.39. The molecule has 0 spiro atoms. The van der Waals surface area contributed by atoms with Gasteiger partial charge in [0.2, 0.25) is 0 Å². The number of unbranched alkanes of at least 4 members (excludes halogenated alkanes) is 1. The number of carbonyl (C=O) groups is 1. The van der Waals surface area contributed by atoms with Gasteiger partial charge in [-0.25, -0.2) is 0 Å². The monoisotopic (exact) mass is 448 g/mol. The summed E-state index contributed by atoms with van der Waals surface area (Å²) in [5.41, 5.74) is 3.69. The molecule has 0 radical (unpaired) electrons. The van der Waals surface area contributed by atoms with Gasteiger partial charge in [-0.2, -0.15) is 0 Å². The van der Waals surface area contributed by atoms with Crippen LogP contribution in [0.4, 0.5) is 5.69 Å². The van der Waals surface area contributed by atoms with Crippen molar-refractivity contribution in [1.82, 2.24) is 10.2 Å². The third-order valence-electron chi connectivity index (χ3n) is 6.19. The van der Waals surface area contributed by atoms with Crippen molar-refractivity contribution in [3.63, 3.8) is 0 Å². The summed E-state index contributed by atoms with van der Waals surface area (Å²) in [6.45, 7) is 6.07. The summed E-state index contributed by atoms with van der Waals surface area (Å²) < 4.78 is 10.9. The zero-order valence-corrected chi connectivity index (χ0v) is 19.2. The maximum absolute atomic E-state index is 12.5. The molecular weight excluding hydrogens is 416 g/mol. The first-order valence-corrected chi connectivity index (χ1v) is 11.5. The van der Waals surface area contributed by atoms with Crippen LogP contribution in [0, 0.1) is 5.41 Å². The van der Waals surface area contributed by atoms with Gasteiger partial charge in [0.15, 0.2) is 0 Å². The first-order chi connectivity index (χ1) is 16.2. The molecule has 2 aliphatic rings. The maximum Gasteiger partial charge on any atom is 0.250 e. The Labute approximate surface area is 195 Å². The zero-order chi connectivity index (χ0) is 23.0. The second kappa shape index (κ2) is 11.0. The third kappa shape index (κ3) is 5.93. The number of carbonyl (C=O) groups excluding carboxylic acids is 1. The molecule has 1 amide bonds. The summed E-state index contributed by atoms with van der Waals surface area (Å²) in [6, 6.07) is 13.8. The van der Waals surface area contributed by atoms with Crippen LogP contribution in [0.1, 0.15) is 24.0 Å². The Bertz CT molecular complexity index is 1010. The number of benzene rings is 2. The minimum atomic E-state index is -0.0581. The van der Waals surface area contributed by atoms with Gasteiger partial charge in [0.05, 0.1) is 12.7 Å². The van der Waals surface area contributed by atoms with Crippen LogP contribution in [-0.2, 0) is 4.79 Å². The molecule has 2 N–H and O–H groups in total. The highest BCUT2D eigenvalue weighted by Gasteiger charge is 2.19. The highest BCUT2D eigenvalue weighted by Crippen LogP contribution is 2.30. The molecule has 0 bridgehead atoms. The van der Waals surface area contributed by atoms with E-state index >= 15 is 0 Å². The van der Waals surface area contributed by atoms with Crippen LogP contribution in [0.5, 0.6) is 11.5 Å². The van der Waals surface area contributed by atoms with Crippen molar-refractivity contribution < 1.29 is 14.3 Å². The zero-order valence-electron chi connectivity index (χ0n) is 19.2. The van der Waals surface area contributed by atoms with Gasteiger partial charge in [0.1, 0.15) is 18.1 Å². The topological polar surface area (TPSA) is 77.9 Å². The third-order valence-corrected chi connectivity index (χ3v) is 6.19. The van der Waals surface area contributed by atoms with Crippen molar-refractivity contribution in [1.29, 1.82) is 5.41 Å². The summed E-state index contributed by atoms with van der Waals surface area (Å²) in [5, 5.41) is 10.5. The number of piperazine rings is 1. The molecule has 0 atom stereocenters. The largest absolute Gasteiger partial charge is 0.497 e. The molecule has 7 nitrogen and oxygen atoms in total. The highest BCUT2D eigenvalue weighted by atomic mass is 16.5. The molecule has 1 fully saturated rings. The second-order valence-electron chi connectivity index (χ2n) is 8.39. The molecule has 174 valence electrons. The maximum atomic E-state index is 12.5. The average molecular weight is 449 g/mol. The minimum Gasteiger partial charge on any atom is -0.497 e. The van der Waals surface area contributed by atoms with Crippen molar-refractivity contribution in [2.75, 3.05) is 57.9 Å². The predicted molar refractivity (Wildman–Crippen MR) is 132 cm³/mol. The van der Waals surface area contributed by atoms with E-state index < -0.39 is 0 Å². The van der Waals surface area contributed by atoms with E-state index in [2.05, 4.69) is 27.2 Å². The molecule has 2 heterocycles. The number of anilines is 1. The summed E-state index contributed by atoms with van der Waals surface area (Å²) in [7, 11) is 1.62. The fourth-order valence-corrected chi connectivity index (χ4v) is 4.22. The highest BCUT2D eigenvalue weighted by molar-refractivity contribution is 5.99. The molecule has 1 saturated heterocycles. The Morgan fingerprint density at radius 3 is 2.79 bits per heavy atom. The SMILES string of the molecule is COc1ccc2c(c1)OCC(C(=O)NCCCCN1CCN(c3cccc(C=N)c3)CC1)=C2. The summed E-state index contributed by atoms with van der Waals surface area (Å²) in [6.07, 6.45) is 5.30. The lowest BCUT2D eigenvalue weighted by atomic mass is 10.1. The fourth-order valence-electron chi connectivity index (χ4n) is 4.22. The smallest absolute Gasteiger partial charge is 0.250 e. The number of nitrogens with one attached hydrogen (secondary N) is 2. The molecule has 0 aromatic heterocycles. The van der Waals surface area contributed by atoms with Crippen molar-refractivity contribution in [3.8, 4) is 11.5 Å². The number of amides is 1. The quantitative estimate of drug-likeness (QED) is 0.455. The van der Waals surface area contributed by atoms with E-state index in [0.717, 1.165) is 68.2 Å². The number of ether oxygens (including phenoxy) is 2. The number of nitrogens with zero attached hydrogens (tertiary/aromatic N) is 2. The predicted octanol–water partition coefficient (Wildman–Crippen LogP) is 3.19. The molecule has 0 unspecified atom stereocenters. The van der Waals surface area contributed by atoms with Gasteiger partial charge >= 0.3 is 0 Å². The first kappa shape index (κ1) is 22.9. The van der Waals surface area contributed by atoms with E-state index in [4.69, 9.17) is 14.9 Å². The lowest BCUT2D eigenvalue weighted by Crippen LogP contribution is -2.46. The summed E-state index contributed by atoms with van der Waals surface area (Å²) in [4.78, 5) is 17.4. The average Bonchev–Trinajstić information content (AvgIpc) is 2.88. The van der Waals surface area contributed by atoms with Gasteiger partial charge in [-0.05, 0) is 55.3 Å². The van der Waals surface area contributed by atoms with E-state index in [1.54, 1.807) is 7.11 Å². The van der Waals surface area contributed by atoms with Crippen molar-refractivity contribution in [2.24, 2.45) is 0 Å². The van der Waals surface area contributed by atoms with Crippen LogP contribution in [-0.4, -0.2) is 70.0 Å². The Kier molecular flexibility index (Phi) is 7.62. The van der Waals surface area contributed by atoms with Gasteiger partial charge in [-0.3, -0.25) is 9.69 Å². The van der Waals surface area contributed by atoms with Gasteiger partial charge < -0.3 is 25.1 Å². The number of hydrogen-bond acceptors (Lipinski definition) is 6. The molecule has 7 heteroatoms. The minimum absolute atomic E-state index is 0.0581. The van der Waals surface area contributed by atoms with Gasteiger partial charge in [-0.1, -0.05) is 12.1 Å². The van der Waals surface area contributed by atoms with Gasteiger partial charge in [-0.15, -0.1) is 0 Å². The summed E-state index contributed by atoms with van der Waals surface area (Å²) in [5.74, 6) is 1.43. The normalized spacial score (nSPS) is 15.8. The molecular formula is C26H32N4O3. The number of rotatable bonds is 9. The molecule has 2 aromatic rings. The number of methoxy groups -OCH3 is 1. The van der Waals surface area contributed by atoms with Crippen LogP contribution in [0.25, 0.3) is 6.08 Å². The van der Waals surface area contributed by atoms with Crippen molar-refractivity contribution in [2.45, 2.75) is 12.8 Å². The molecule has 2 aromatic carbocycles. The van der Waals surface area contributed by atoms with Crippen LogP contribution in [0.3, 0.4) is 0 Å². The van der Waals surface area contributed by atoms with Crippen LogP contribution < -0.4 is 19.7 Å². The molecule has 2 aliphatic heterocycles. The van der Waals surface area contributed by atoms with E-state index in [1.807, 2.05) is 36.4 Å². The number of fused-ring (bicyclic) bond motifs is 1. The lowest BCUT2D eigenvalue weighted by molar-refractivity contribution is -0.117. The molecule has 0 saturated carbocycles. The van der Waals surface area contributed by atoms with Crippen LogP contribution in [0.15, 0.2) is 48.0 Å². The fraction of sp³-hybridized carbons (Fsp3) is 0.385. The van der Waals surface area contributed by atoms with E-state index in [1.165, 1.54) is 11.9 Å². The Morgan fingerprint density at radius 1 is 1.15 bits per heavy atom. The van der Waals surface area contributed by atoms with E-state index in [9.17, 15) is 4.79 Å². The molecule has 4 rings (SSSR count). The molecule has 33 heavy (non-hydrogen) atoms. The first-order valence-electron chi connectivity index (χ1n) is 11.5. The Balaban J connectivity index is 1.14. The van der Waals surface area contributed by atoms with Crippen molar-refractivity contribution in [3.05, 3.63) is 59.2 Å². The van der Waals surface area contributed by atoms with E-state index in [0.29, 0.717) is 12.1 Å². The molecule has 0 aliphatic carbocycles. The Hall–Kier alpha value is -3.32. The van der Waals surface area contributed by atoms with E-state index in [-0.39, 0.29) is 12.5 Å². The van der Waals surface area contributed by atoms with Crippen LogP contribution >= 0.6 is 0 Å². The van der Waals surface area contributed by atoms with Crippen molar-refractivity contribution >= 4 is 23.9 Å². The standard InChI is InChI=1S/C26H32N4O3/c1-32-24-8-7-21-16-22(19-33-25(21)17-24)26(31)28-9-2-3-10-29-11-13-30(14-12-29)23-6-4-5-20(15-23)18-27/h4-8,15-18,27H,2-3,9-14,19H2,1H3,(H,28,31). The summed E-state index contributed by atoms with van der Waals surface area (Å²) >= 11 is 0. The lowest BCUT2D eigenvalue weighted by Gasteiger charge is -2.36. The van der Waals surface area contributed by atoms with Gasteiger partial charge in [0.25, 0.3) is 5.91 Å².